The second-order valence-electron chi connectivity index (χ2n) is 10.5. The number of piperidine rings is 1. The molecule has 0 spiro atoms. The van der Waals surface area contributed by atoms with Crippen molar-refractivity contribution < 1.29 is 9.59 Å². The van der Waals surface area contributed by atoms with Crippen LogP contribution < -0.4 is 5.73 Å². The Morgan fingerprint density at radius 3 is 2.50 bits per heavy atom. The second-order valence-corrected chi connectivity index (χ2v) is 10.5. The lowest BCUT2D eigenvalue weighted by Gasteiger charge is -2.38. The van der Waals surface area contributed by atoms with Gasteiger partial charge >= 0.3 is 0 Å². The van der Waals surface area contributed by atoms with Crippen LogP contribution in [0.5, 0.6) is 0 Å². The average molecular weight is 538 g/mol. The minimum absolute atomic E-state index is 0.0214. The number of pyridine rings is 1. The molecule has 7 rings (SSSR count). The van der Waals surface area contributed by atoms with Crippen molar-refractivity contribution in [2.24, 2.45) is 7.05 Å². The highest BCUT2D eigenvalue weighted by Crippen LogP contribution is 2.45. The maximum absolute atomic E-state index is 13.1. The van der Waals surface area contributed by atoms with Gasteiger partial charge in [-0.15, -0.1) is 10.2 Å². The number of aryl methyl sites for hydroxylation is 1. The van der Waals surface area contributed by atoms with Gasteiger partial charge in [0, 0.05) is 48.6 Å². The lowest BCUT2D eigenvalue weighted by Crippen LogP contribution is -2.46. The van der Waals surface area contributed by atoms with Crippen LogP contribution >= 0.6 is 0 Å². The molecular formula is C27H27N11O2. The number of fused-ring (bicyclic) bond motifs is 3. The van der Waals surface area contributed by atoms with E-state index in [0.717, 1.165) is 35.4 Å². The first-order valence-corrected chi connectivity index (χ1v) is 13.2. The number of anilines is 1. The first-order chi connectivity index (χ1) is 19.4. The third-order valence-corrected chi connectivity index (χ3v) is 8.09. The van der Waals surface area contributed by atoms with E-state index in [2.05, 4.69) is 30.4 Å². The lowest BCUT2D eigenvalue weighted by molar-refractivity contribution is 0.0556. The minimum atomic E-state index is -0.159. The molecule has 3 N–H and O–H groups in total. The van der Waals surface area contributed by atoms with E-state index in [4.69, 9.17) is 10.7 Å². The van der Waals surface area contributed by atoms with Crippen LogP contribution in [0.4, 0.5) is 5.82 Å². The number of amides is 1. The third-order valence-electron chi connectivity index (χ3n) is 8.09. The molecule has 5 aromatic heterocycles. The summed E-state index contributed by atoms with van der Waals surface area (Å²) < 4.78 is 3.26. The molecule has 0 aromatic carbocycles. The van der Waals surface area contributed by atoms with Gasteiger partial charge in [-0.3, -0.25) is 19.3 Å². The number of hydrogen-bond donors (Lipinski definition) is 2. The average Bonchev–Trinajstić information content (AvgIpc) is 3.75. The molecule has 7 heterocycles. The van der Waals surface area contributed by atoms with E-state index >= 15 is 0 Å². The number of nitrogen functional groups attached to an aromatic ring is 1. The second kappa shape index (κ2) is 9.07. The largest absolute Gasteiger partial charge is 0.383 e. The highest BCUT2D eigenvalue weighted by molar-refractivity contribution is 6.00. The Labute approximate surface area is 228 Å². The molecule has 5 aromatic rings. The first kappa shape index (κ1) is 24.1. The first-order valence-electron chi connectivity index (χ1n) is 13.2. The van der Waals surface area contributed by atoms with Crippen LogP contribution in [0.15, 0.2) is 43.1 Å². The molecule has 0 aliphatic carbocycles. The van der Waals surface area contributed by atoms with E-state index in [0.29, 0.717) is 29.7 Å². The fourth-order valence-electron chi connectivity index (χ4n) is 6.31. The van der Waals surface area contributed by atoms with E-state index in [1.165, 1.54) is 17.8 Å². The summed E-state index contributed by atoms with van der Waals surface area (Å²) in [4.78, 5) is 40.4. The summed E-state index contributed by atoms with van der Waals surface area (Å²) in [6.45, 7) is 1.50. The predicted molar refractivity (Wildman–Crippen MR) is 144 cm³/mol. The molecular weight excluding hydrogens is 510 g/mol. The Morgan fingerprint density at radius 2 is 1.88 bits per heavy atom. The number of nitrogens with one attached hydrogen (secondary N) is 1. The summed E-state index contributed by atoms with van der Waals surface area (Å²) in [5, 5.41) is 16.6. The van der Waals surface area contributed by atoms with Crippen LogP contribution in [-0.4, -0.2) is 73.2 Å². The van der Waals surface area contributed by atoms with E-state index in [1.807, 2.05) is 36.3 Å². The van der Waals surface area contributed by atoms with Crippen molar-refractivity contribution in [2.75, 3.05) is 5.73 Å². The minimum Gasteiger partial charge on any atom is -0.383 e. The molecule has 0 unspecified atom stereocenters. The van der Waals surface area contributed by atoms with Gasteiger partial charge in [0.15, 0.2) is 11.4 Å². The van der Waals surface area contributed by atoms with Crippen LogP contribution in [0.2, 0.25) is 0 Å². The van der Waals surface area contributed by atoms with Gasteiger partial charge in [0.25, 0.3) is 5.91 Å². The Morgan fingerprint density at radius 1 is 1.07 bits per heavy atom. The zero-order valence-corrected chi connectivity index (χ0v) is 22.0. The topological polar surface area (TPSA) is 166 Å². The number of Topliss-reactive ketones (excluding diaryl/α,β-unsaturated/α-hetero) is 1. The molecule has 2 aliphatic rings. The number of rotatable bonds is 5. The van der Waals surface area contributed by atoms with Gasteiger partial charge in [-0.05, 0) is 44.7 Å². The number of ketones is 1. The zero-order chi connectivity index (χ0) is 27.5. The highest BCUT2D eigenvalue weighted by Gasteiger charge is 2.45. The van der Waals surface area contributed by atoms with E-state index in [-0.39, 0.29) is 41.3 Å². The molecule has 0 radical (unpaired) electrons. The number of carbonyl (C=O) groups is 2. The molecule has 2 bridgehead atoms. The number of carbonyl (C=O) groups excluding carboxylic acids is 2. The third kappa shape index (κ3) is 3.76. The summed E-state index contributed by atoms with van der Waals surface area (Å²) in [6, 6.07) is 5.82. The standard InChI is InChI=1S/C27H27N11O2/c1-14(39)22-23(16-9-17-4-5-18(10-16)37(17)27(40)25-30-13-31-34-25)33-26-19(12-32-38(26)24(22)28)15-3-6-20(29-11-15)21-7-8-36(2)35-21/h3,6-8,11-13,16-18H,4-5,9-10,28H2,1-2H3,(H,30,31,34)/t16-,17+,18-. The number of hydrogen-bond acceptors (Lipinski definition) is 9. The van der Waals surface area contributed by atoms with Gasteiger partial charge in [-0.1, -0.05) is 6.07 Å². The number of H-pyrrole nitrogens is 1. The predicted octanol–water partition coefficient (Wildman–Crippen LogP) is 2.65. The van der Waals surface area contributed by atoms with Crippen molar-refractivity contribution in [3.63, 3.8) is 0 Å². The molecule has 2 aliphatic heterocycles. The molecule has 2 saturated heterocycles. The van der Waals surface area contributed by atoms with Gasteiger partial charge in [0.05, 0.1) is 23.1 Å². The van der Waals surface area contributed by atoms with E-state index < -0.39 is 0 Å². The maximum atomic E-state index is 13.1. The molecule has 202 valence electrons. The van der Waals surface area contributed by atoms with Crippen molar-refractivity contribution >= 4 is 23.2 Å². The van der Waals surface area contributed by atoms with Crippen LogP contribution in [-0.2, 0) is 7.05 Å². The van der Waals surface area contributed by atoms with Crippen LogP contribution in [0, 0.1) is 0 Å². The van der Waals surface area contributed by atoms with Crippen molar-refractivity contribution in [1.82, 2.24) is 49.4 Å². The summed E-state index contributed by atoms with van der Waals surface area (Å²) in [7, 11) is 1.86. The molecule has 3 atom stereocenters. The Kier molecular flexibility index (Phi) is 5.47. The number of aromatic amines is 1. The SMILES string of the molecule is CC(=O)c1c([C@H]2C[C@H]3CC[C@@H](C2)N3C(=O)c2nnc[nH]2)nc2c(-c3ccc(-c4ccn(C)n4)nc3)cnn2c1N. The Hall–Kier alpha value is -4.94. The number of nitrogens with zero attached hydrogens (tertiary/aromatic N) is 9. The van der Waals surface area contributed by atoms with Gasteiger partial charge in [0.2, 0.25) is 5.82 Å². The normalized spacial score (nSPS) is 20.4. The zero-order valence-electron chi connectivity index (χ0n) is 22.0. The van der Waals surface area contributed by atoms with Crippen LogP contribution in [0.25, 0.3) is 28.2 Å². The molecule has 1 amide bonds. The lowest BCUT2D eigenvalue weighted by atomic mass is 9.85. The fraction of sp³-hybridized carbons (Fsp3) is 0.333. The molecule has 0 saturated carbocycles. The van der Waals surface area contributed by atoms with Crippen LogP contribution in [0.3, 0.4) is 0 Å². The van der Waals surface area contributed by atoms with Gasteiger partial charge < -0.3 is 15.6 Å². The van der Waals surface area contributed by atoms with E-state index in [9.17, 15) is 9.59 Å². The Balaban J connectivity index is 1.26. The molecule has 13 heteroatoms. The molecule has 13 nitrogen and oxygen atoms in total. The summed E-state index contributed by atoms with van der Waals surface area (Å²) >= 11 is 0. The van der Waals surface area contributed by atoms with E-state index in [1.54, 1.807) is 17.1 Å². The van der Waals surface area contributed by atoms with Gasteiger partial charge in [-0.25, -0.2) is 4.98 Å². The van der Waals surface area contributed by atoms with Crippen molar-refractivity contribution in [1.29, 1.82) is 0 Å². The monoisotopic (exact) mass is 537 g/mol. The van der Waals surface area contributed by atoms with Crippen molar-refractivity contribution in [3.05, 3.63) is 60.2 Å². The quantitative estimate of drug-likeness (QED) is 0.320. The maximum Gasteiger partial charge on any atom is 0.292 e. The van der Waals surface area contributed by atoms with Crippen molar-refractivity contribution in [3.8, 4) is 22.5 Å². The summed E-state index contributed by atoms with van der Waals surface area (Å²) in [5.74, 6) is 0.181. The van der Waals surface area contributed by atoms with Gasteiger partial charge in [0.1, 0.15) is 17.8 Å². The van der Waals surface area contributed by atoms with Gasteiger partial charge in [-0.2, -0.15) is 14.7 Å². The number of nitrogens with two attached hydrogens (primary N) is 1. The highest BCUT2D eigenvalue weighted by atomic mass is 16.2. The summed E-state index contributed by atoms with van der Waals surface area (Å²) in [5.41, 5.74) is 11.3. The fourth-order valence-corrected chi connectivity index (χ4v) is 6.31. The molecule has 2 fully saturated rings. The number of aromatic nitrogens is 9. The van der Waals surface area contributed by atoms with Crippen molar-refractivity contribution in [2.45, 2.75) is 50.6 Å². The smallest absolute Gasteiger partial charge is 0.292 e. The Bertz CT molecular complexity index is 1740. The van der Waals surface area contributed by atoms with Crippen LogP contribution in [0.1, 0.15) is 65.2 Å². The summed E-state index contributed by atoms with van der Waals surface area (Å²) in [6.07, 6.45) is 9.90. The molecule has 40 heavy (non-hydrogen) atoms.